The number of ether oxygens (including phenoxy) is 1. The van der Waals surface area contributed by atoms with E-state index in [0.29, 0.717) is 12.2 Å². The van der Waals surface area contributed by atoms with Crippen molar-refractivity contribution >= 4 is 11.5 Å². The Morgan fingerprint density at radius 1 is 1.42 bits per heavy atom. The topological polar surface area (TPSA) is 73.1 Å². The van der Waals surface area contributed by atoms with Gasteiger partial charge in [0.25, 0.3) is 0 Å². The number of carbonyl (C=O) groups is 1. The lowest BCUT2D eigenvalue weighted by Gasteiger charge is -2.15. The van der Waals surface area contributed by atoms with E-state index >= 15 is 0 Å². The van der Waals surface area contributed by atoms with Crippen LogP contribution in [0.1, 0.15) is 33.5 Å². The molecule has 0 aliphatic heterocycles. The second-order valence-corrected chi connectivity index (χ2v) is 5.30. The smallest absolute Gasteiger partial charge is 0.343 e. The molecule has 7 nitrogen and oxygen atoms in total. The van der Waals surface area contributed by atoms with Crippen LogP contribution in [-0.4, -0.2) is 51.8 Å². The largest absolute Gasteiger partial charge is 0.462 e. The number of nitrogens with zero attached hydrogens (tertiary/aromatic N) is 5. The van der Waals surface area contributed by atoms with Crippen LogP contribution in [0.2, 0.25) is 0 Å². The summed E-state index contributed by atoms with van der Waals surface area (Å²) in [6.45, 7) is 7.93. The van der Waals surface area contributed by atoms with E-state index in [1.807, 2.05) is 34.9 Å². The number of esters is 1. The molecule has 1 aromatic rings. The van der Waals surface area contributed by atoms with Crippen molar-refractivity contribution in [1.29, 1.82) is 0 Å². The first kappa shape index (κ1) is 15.1. The van der Waals surface area contributed by atoms with E-state index in [1.54, 1.807) is 18.0 Å². The average Bonchev–Trinajstić information content (AvgIpc) is 2.74. The molecule has 0 aliphatic carbocycles. The van der Waals surface area contributed by atoms with Gasteiger partial charge < -0.3 is 9.64 Å². The van der Waals surface area contributed by atoms with Gasteiger partial charge in [-0.15, -0.1) is 10.2 Å². The van der Waals surface area contributed by atoms with Crippen LogP contribution in [0.3, 0.4) is 0 Å². The highest BCUT2D eigenvalue weighted by Crippen LogP contribution is 2.15. The second kappa shape index (κ2) is 5.81. The Bertz CT molecular complexity index is 471. The van der Waals surface area contributed by atoms with Gasteiger partial charge in [-0.25, -0.2) is 4.79 Å². The van der Waals surface area contributed by atoms with Crippen LogP contribution in [0.5, 0.6) is 0 Å². The number of aromatic nitrogens is 4. The summed E-state index contributed by atoms with van der Waals surface area (Å²) in [6.07, 6.45) is 1.63. The first-order valence-corrected chi connectivity index (χ1v) is 6.12. The van der Waals surface area contributed by atoms with E-state index in [-0.39, 0.29) is 11.4 Å². The van der Waals surface area contributed by atoms with Crippen LogP contribution in [0.15, 0.2) is 6.20 Å². The molecule has 1 heterocycles. The molecule has 0 unspecified atom stereocenters. The lowest BCUT2D eigenvalue weighted by atomic mass is 10.1. The summed E-state index contributed by atoms with van der Waals surface area (Å²) in [5.41, 5.74) is 0.00529. The molecule has 19 heavy (non-hydrogen) atoms. The second-order valence-electron chi connectivity index (χ2n) is 5.30. The summed E-state index contributed by atoms with van der Waals surface area (Å²) >= 11 is 0. The number of hydrogen-bond acceptors (Lipinski definition) is 6. The van der Waals surface area contributed by atoms with Crippen molar-refractivity contribution in [3.05, 3.63) is 12.0 Å². The van der Waals surface area contributed by atoms with Crippen molar-refractivity contribution in [1.82, 2.24) is 25.1 Å². The molecule has 0 bridgehead atoms. The molecular formula is C12H21N5O2. The summed E-state index contributed by atoms with van der Waals surface area (Å²) < 4.78 is 5.00. The molecule has 0 spiro atoms. The Morgan fingerprint density at radius 3 is 2.47 bits per heavy atom. The van der Waals surface area contributed by atoms with Crippen LogP contribution in [0, 0.1) is 0 Å². The van der Waals surface area contributed by atoms with Crippen LogP contribution >= 0.6 is 0 Å². The Balaban J connectivity index is 3.12. The van der Waals surface area contributed by atoms with Gasteiger partial charge in [-0.2, -0.15) is 4.80 Å². The van der Waals surface area contributed by atoms with Crippen molar-refractivity contribution in [2.45, 2.75) is 33.2 Å². The average molecular weight is 267 g/mol. The number of rotatable bonds is 4. The highest BCUT2D eigenvalue weighted by molar-refractivity contribution is 6.15. The fourth-order valence-corrected chi connectivity index (χ4v) is 1.28. The van der Waals surface area contributed by atoms with E-state index in [9.17, 15) is 4.79 Å². The van der Waals surface area contributed by atoms with Crippen molar-refractivity contribution in [2.24, 2.45) is 0 Å². The zero-order valence-corrected chi connectivity index (χ0v) is 12.3. The van der Waals surface area contributed by atoms with Gasteiger partial charge in [-0.05, 0) is 32.9 Å². The molecule has 7 heteroatoms. The standard InChI is InChI=1S/C12H21N5O2/c1-7-19-11(18)9(8-16(5)6)10-13-15-17(14-10)12(2,3)4/h8H,7H2,1-6H3. The Hall–Kier alpha value is -1.92. The van der Waals surface area contributed by atoms with Gasteiger partial charge in [0.05, 0.1) is 12.1 Å². The monoisotopic (exact) mass is 267 g/mol. The fraction of sp³-hybridized carbons (Fsp3) is 0.667. The number of carbonyl (C=O) groups excluding carboxylic acids is 1. The van der Waals surface area contributed by atoms with Gasteiger partial charge in [0, 0.05) is 20.3 Å². The van der Waals surface area contributed by atoms with Gasteiger partial charge in [0.1, 0.15) is 5.57 Å². The van der Waals surface area contributed by atoms with E-state index < -0.39 is 5.97 Å². The molecule has 0 saturated heterocycles. The summed E-state index contributed by atoms with van der Waals surface area (Å²) in [7, 11) is 3.63. The highest BCUT2D eigenvalue weighted by atomic mass is 16.5. The number of tetrazole rings is 1. The third-order valence-electron chi connectivity index (χ3n) is 2.14. The van der Waals surface area contributed by atoms with Crippen molar-refractivity contribution in [2.75, 3.05) is 20.7 Å². The van der Waals surface area contributed by atoms with Crippen molar-refractivity contribution < 1.29 is 9.53 Å². The van der Waals surface area contributed by atoms with Crippen LogP contribution in [0.25, 0.3) is 5.57 Å². The zero-order valence-electron chi connectivity index (χ0n) is 12.3. The first-order chi connectivity index (χ1) is 8.75. The van der Waals surface area contributed by atoms with E-state index in [4.69, 9.17) is 4.74 Å². The van der Waals surface area contributed by atoms with Gasteiger partial charge in [-0.3, -0.25) is 0 Å². The van der Waals surface area contributed by atoms with E-state index in [0.717, 1.165) is 0 Å². The zero-order chi connectivity index (χ0) is 14.6. The van der Waals surface area contributed by atoms with Gasteiger partial charge in [0.15, 0.2) is 0 Å². The van der Waals surface area contributed by atoms with Gasteiger partial charge in [-0.1, -0.05) is 0 Å². The fourth-order valence-electron chi connectivity index (χ4n) is 1.28. The lowest BCUT2D eigenvalue weighted by Crippen LogP contribution is -2.25. The van der Waals surface area contributed by atoms with Crippen LogP contribution < -0.4 is 0 Å². The Kier molecular flexibility index (Phi) is 4.63. The molecule has 0 aliphatic rings. The summed E-state index contributed by atoms with van der Waals surface area (Å²) in [5, 5.41) is 12.1. The minimum atomic E-state index is -0.454. The minimum absolute atomic E-state index is 0.266. The molecule has 0 aromatic carbocycles. The molecule has 0 fully saturated rings. The predicted molar refractivity (Wildman–Crippen MR) is 71.1 cm³/mol. The quantitative estimate of drug-likeness (QED) is 0.596. The third kappa shape index (κ3) is 4.04. The summed E-state index contributed by atoms with van der Waals surface area (Å²) in [5.74, 6) is -0.188. The SMILES string of the molecule is CCOC(=O)C(=CN(C)C)c1nnn(C(C)(C)C)n1. The normalized spacial score (nSPS) is 12.4. The summed E-state index contributed by atoms with van der Waals surface area (Å²) in [6, 6.07) is 0. The predicted octanol–water partition coefficient (Wildman–Crippen LogP) is 0.894. The molecule has 106 valence electrons. The molecular weight excluding hydrogens is 246 g/mol. The molecule has 0 amide bonds. The van der Waals surface area contributed by atoms with Crippen LogP contribution in [0.4, 0.5) is 0 Å². The van der Waals surface area contributed by atoms with Gasteiger partial charge in [0.2, 0.25) is 5.82 Å². The Labute approximate surface area is 113 Å². The molecule has 0 radical (unpaired) electrons. The highest BCUT2D eigenvalue weighted by Gasteiger charge is 2.22. The Morgan fingerprint density at radius 2 is 2.05 bits per heavy atom. The molecule has 0 atom stereocenters. The maximum Gasteiger partial charge on any atom is 0.343 e. The minimum Gasteiger partial charge on any atom is -0.462 e. The van der Waals surface area contributed by atoms with Crippen LogP contribution in [-0.2, 0) is 15.1 Å². The van der Waals surface area contributed by atoms with Gasteiger partial charge >= 0.3 is 5.97 Å². The lowest BCUT2D eigenvalue weighted by molar-refractivity contribution is -0.136. The number of hydrogen-bond donors (Lipinski definition) is 0. The molecule has 1 aromatic heterocycles. The first-order valence-electron chi connectivity index (χ1n) is 6.12. The molecule has 0 saturated carbocycles. The molecule has 1 rings (SSSR count). The summed E-state index contributed by atoms with van der Waals surface area (Å²) in [4.78, 5) is 15.1. The van der Waals surface area contributed by atoms with Crippen molar-refractivity contribution in [3.8, 4) is 0 Å². The maximum atomic E-state index is 11.9. The maximum absolute atomic E-state index is 11.9. The third-order valence-corrected chi connectivity index (χ3v) is 2.14. The van der Waals surface area contributed by atoms with E-state index in [2.05, 4.69) is 15.4 Å². The van der Waals surface area contributed by atoms with Crippen molar-refractivity contribution in [3.63, 3.8) is 0 Å². The van der Waals surface area contributed by atoms with E-state index in [1.165, 1.54) is 4.80 Å². The molecule has 0 N–H and O–H groups in total.